The van der Waals surface area contributed by atoms with Gasteiger partial charge in [0.25, 0.3) is 0 Å². The lowest BCUT2D eigenvalue weighted by atomic mass is 9.92. The second-order valence-electron chi connectivity index (χ2n) is 5.55. The summed E-state index contributed by atoms with van der Waals surface area (Å²) in [5, 5.41) is 0. The predicted octanol–water partition coefficient (Wildman–Crippen LogP) is 3.05. The molecule has 0 bridgehead atoms. The maximum atomic E-state index is 11.5. The molecule has 96 valence electrons. The van der Waals surface area contributed by atoms with Crippen molar-refractivity contribution in [1.82, 2.24) is 4.98 Å². The van der Waals surface area contributed by atoms with Crippen molar-refractivity contribution >= 4 is 11.6 Å². The van der Waals surface area contributed by atoms with E-state index in [0.29, 0.717) is 6.04 Å². The Morgan fingerprint density at radius 3 is 3.00 bits per heavy atom. The number of pyridine rings is 1. The maximum absolute atomic E-state index is 11.5. The molecule has 2 heterocycles. The molecule has 3 heteroatoms. The Kier molecular flexibility index (Phi) is 3.06. The number of hydrogen-bond donors (Lipinski definition) is 0. The standard InChI is InChI=1S/C15H20N2O/c1-11(18)13-7-8-16-15(10-13)17-9-3-5-12-4-2-6-14(12)17/h7-8,10,12,14H,2-6,9H2,1H3. The fourth-order valence-corrected chi connectivity index (χ4v) is 3.53. The summed E-state index contributed by atoms with van der Waals surface area (Å²) in [6.07, 6.45) is 8.40. The summed E-state index contributed by atoms with van der Waals surface area (Å²) in [5.41, 5.74) is 0.778. The predicted molar refractivity (Wildman–Crippen MR) is 72.0 cm³/mol. The van der Waals surface area contributed by atoms with Gasteiger partial charge in [0, 0.05) is 24.3 Å². The van der Waals surface area contributed by atoms with Crippen molar-refractivity contribution in [2.24, 2.45) is 5.92 Å². The molecule has 2 atom stereocenters. The number of carbonyl (C=O) groups excluding carboxylic acids is 1. The van der Waals surface area contributed by atoms with Crippen LogP contribution in [0.25, 0.3) is 0 Å². The molecule has 18 heavy (non-hydrogen) atoms. The van der Waals surface area contributed by atoms with Gasteiger partial charge in [0.15, 0.2) is 5.78 Å². The van der Waals surface area contributed by atoms with Gasteiger partial charge in [-0.25, -0.2) is 4.98 Å². The number of ketones is 1. The molecule has 2 fully saturated rings. The Morgan fingerprint density at radius 2 is 2.17 bits per heavy atom. The molecule has 1 aliphatic carbocycles. The quantitative estimate of drug-likeness (QED) is 0.750. The van der Waals surface area contributed by atoms with Gasteiger partial charge in [-0.1, -0.05) is 6.42 Å². The monoisotopic (exact) mass is 244 g/mol. The third kappa shape index (κ3) is 2.02. The molecule has 0 N–H and O–H groups in total. The van der Waals surface area contributed by atoms with E-state index < -0.39 is 0 Å². The van der Waals surface area contributed by atoms with E-state index >= 15 is 0 Å². The smallest absolute Gasteiger partial charge is 0.159 e. The van der Waals surface area contributed by atoms with Crippen molar-refractivity contribution in [3.05, 3.63) is 23.9 Å². The van der Waals surface area contributed by atoms with E-state index in [2.05, 4.69) is 9.88 Å². The van der Waals surface area contributed by atoms with Crippen molar-refractivity contribution in [2.45, 2.75) is 45.1 Å². The van der Waals surface area contributed by atoms with Crippen LogP contribution < -0.4 is 4.90 Å². The van der Waals surface area contributed by atoms with E-state index in [0.717, 1.165) is 23.8 Å². The first-order chi connectivity index (χ1) is 8.75. The van der Waals surface area contributed by atoms with Crippen molar-refractivity contribution in [3.8, 4) is 0 Å². The fourth-order valence-electron chi connectivity index (χ4n) is 3.53. The molecular formula is C15H20N2O. The minimum atomic E-state index is 0.124. The average molecular weight is 244 g/mol. The number of piperidine rings is 1. The van der Waals surface area contributed by atoms with Crippen molar-refractivity contribution in [1.29, 1.82) is 0 Å². The summed E-state index contributed by atoms with van der Waals surface area (Å²) < 4.78 is 0. The van der Waals surface area contributed by atoms with Crippen LogP contribution in [0.2, 0.25) is 0 Å². The van der Waals surface area contributed by atoms with E-state index in [1.807, 2.05) is 12.1 Å². The molecule has 1 aliphatic heterocycles. The van der Waals surface area contributed by atoms with Gasteiger partial charge in [-0.05, 0) is 50.7 Å². The zero-order valence-electron chi connectivity index (χ0n) is 10.9. The van der Waals surface area contributed by atoms with E-state index in [-0.39, 0.29) is 5.78 Å². The number of carbonyl (C=O) groups is 1. The van der Waals surface area contributed by atoms with E-state index in [9.17, 15) is 4.79 Å². The SMILES string of the molecule is CC(=O)c1ccnc(N2CCCC3CCCC32)c1. The molecule has 0 radical (unpaired) electrons. The summed E-state index contributed by atoms with van der Waals surface area (Å²) in [5.74, 6) is 1.97. The average Bonchev–Trinajstić information content (AvgIpc) is 2.87. The molecule has 0 amide bonds. The van der Waals surface area contributed by atoms with Crippen molar-refractivity contribution < 1.29 is 4.79 Å². The molecule has 1 aromatic rings. The van der Waals surface area contributed by atoms with E-state index in [1.165, 1.54) is 32.1 Å². The lowest BCUT2D eigenvalue weighted by Gasteiger charge is -2.38. The second kappa shape index (κ2) is 4.71. The number of anilines is 1. The van der Waals surface area contributed by atoms with Crippen LogP contribution in [0.3, 0.4) is 0 Å². The highest BCUT2D eigenvalue weighted by Crippen LogP contribution is 2.38. The number of fused-ring (bicyclic) bond motifs is 1. The highest BCUT2D eigenvalue weighted by atomic mass is 16.1. The molecule has 0 aromatic carbocycles. The summed E-state index contributed by atoms with van der Waals surface area (Å²) in [6.45, 7) is 2.71. The topological polar surface area (TPSA) is 33.2 Å². The Balaban J connectivity index is 1.89. The van der Waals surface area contributed by atoms with E-state index in [4.69, 9.17) is 0 Å². The highest BCUT2D eigenvalue weighted by Gasteiger charge is 2.35. The van der Waals surface area contributed by atoms with Gasteiger partial charge in [0.2, 0.25) is 0 Å². The van der Waals surface area contributed by atoms with Crippen LogP contribution in [0, 0.1) is 5.92 Å². The molecule has 1 aromatic heterocycles. The zero-order chi connectivity index (χ0) is 12.5. The van der Waals surface area contributed by atoms with Crippen LogP contribution in [0.5, 0.6) is 0 Å². The molecule has 2 unspecified atom stereocenters. The Hall–Kier alpha value is -1.38. The van der Waals surface area contributed by atoms with Crippen molar-refractivity contribution in [2.75, 3.05) is 11.4 Å². The number of rotatable bonds is 2. The molecule has 0 spiro atoms. The lowest BCUT2D eigenvalue weighted by Crippen LogP contribution is -2.43. The zero-order valence-corrected chi connectivity index (χ0v) is 10.9. The third-order valence-corrected chi connectivity index (χ3v) is 4.44. The minimum Gasteiger partial charge on any atom is -0.353 e. The maximum Gasteiger partial charge on any atom is 0.159 e. The minimum absolute atomic E-state index is 0.124. The highest BCUT2D eigenvalue weighted by molar-refractivity contribution is 5.94. The first-order valence-corrected chi connectivity index (χ1v) is 6.99. The summed E-state index contributed by atoms with van der Waals surface area (Å²) in [6, 6.07) is 4.43. The first kappa shape index (κ1) is 11.7. The second-order valence-corrected chi connectivity index (χ2v) is 5.55. The number of Topliss-reactive ketones (excluding diaryl/α,β-unsaturated/α-hetero) is 1. The molecule has 2 aliphatic rings. The van der Waals surface area contributed by atoms with Crippen LogP contribution in [0.15, 0.2) is 18.3 Å². The first-order valence-electron chi connectivity index (χ1n) is 6.99. The Bertz CT molecular complexity index is 458. The van der Waals surface area contributed by atoms with Gasteiger partial charge in [0.1, 0.15) is 5.82 Å². The van der Waals surface area contributed by atoms with Gasteiger partial charge in [-0.3, -0.25) is 4.79 Å². The van der Waals surface area contributed by atoms with Gasteiger partial charge >= 0.3 is 0 Å². The number of hydrogen-bond acceptors (Lipinski definition) is 3. The Labute approximate surface area is 108 Å². The van der Waals surface area contributed by atoms with Crippen LogP contribution in [-0.2, 0) is 0 Å². The van der Waals surface area contributed by atoms with Gasteiger partial charge in [-0.2, -0.15) is 0 Å². The normalized spacial score (nSPS) is 27.1. The summed E-state index contributed by atoms with van der Waals surface area (Å²) in [7, 11) is 0. The van der Waals surface area contributed by atoms with Gasteiger partial charge < -0.3 is 4.90 Å². The molecule has 1 saturated carbocycles. The largest absolute Gasteiger partial charge is 0.353 e. The summed E-state index contributed by atoms with van der Waals surface area (Å²) in [4.78, 5) is 18.4. The van der Waals surface area contributed by atoms with E-state index in [1.54, 1.807) is 13.1 Å². The molecular weight excluding hydrogens is 224 g/mol. The molecule has 3 rings (SSSR count). The third-order valence-electron chi connectivity index (χ3n) is 4.44. The van der Waals surface area contributed by atoms with Crippen LogP contribution >= 0.6 is 0 Å². The number of nitrogens with zero attached hydrogens (tertiary/aromatic N) is 2. The van der Waals surface area contributed by atoms with Crippen LogP contribution in [0.1, 0.15) is 49.4 Å². The van der Waals surface area contributed by atoms with Crippen molar-refractivity contribution in [3.63, 3.8) is 0 Å². The number of aromatic nitrogens is 1. The van der Waals surface area contributed by atoms with Gasteiger partial charge in [-0.15, -0.1) is 0 Å². The summed E-state index contributed by atoms with van der Waals surface area (Å²) >= 11 is 0. The Morgan fingerprint density at radius 1 is 1.33 bits per heavy atom. The van der Waals surface area contributed by atoms with Gasteiger partial charge in [0.05, 0.1) is 0 Å². The molecule has 3 nitrogen and oxygen atoms in total. The lowest BCUT2D eigenvalue weighted by molar-refractivity contribution is 0.101. The van der Waals surface area contributed by atoms with Crippen LogP contribution in [0.4, 0.5) is 5.82 Å². The van der Waals surface area contributed by atoms with Crippen LogP contribution in [-0.4, -0.2) is 23.4 Å². The molecule has 1 saturated heterocycles. The fraction of sp³-hybridized carbons (Fsp3) is 0.600.